The average molecular weight is 378 g/mol. The van der Waals surface area contributed by atoms with Crippen molar-refractivity contribution in [2.45, 2.75) is 0 Å². The van der Waals surface area contributed by atoms with Crippen LogP contribution < -0.4 is 0 Å². The minimum Gasteiger partial charge on any atom is -0.115 e. The number of benzene rings is 4. The van der Waals surface area contributed by atoms with Crippen LogP contribution in [0.2, 0.25) is 0 Å². The van der Waals surface area contributed by atoms with Crippen molar-refractivity contribution in [3.05, 3.63) is 108 Å². The molecular weight excluding hydrogens is 360 g/mol. The Morgan fingerprint density at radius 2 is 0.567 bits per heavy atom. The zero-order chi connectivity index (χ0) is 20.9. The first-order valence-electron chi connectivity index (χ1n) is 9.56. The molecule has 0 N–H and O–H groups in total. The first kappa shape index (κ1) is 18.9. The lowest BCUT2D eigenvalue weighted by Gasteiger charge is -2.12. The van der Waals surface area contributed by atoms with E-state index in [0.717, 1.165) is 50.1 Å². The van der Waals surface area contributed by atoms with Gasteiger partial charge in [0.25, 0.3) is 0 Å². The summed E-state index contributed by atoms with van der Waals surface area (Å²) in [4.78, 5) is 0. The van der Waals surface area contributed by atoms with Crippen molar-refractivity contribution in [1.82, 2.24) is 0 Å². The monoisotopic (exact) mass is 378 g/mol. The summed E-state index contributed by atoms with van der Waals surface area (Å²) in [6.45, 7) is 0. The van der Waals surface area contributed by atoms with Crippen LogP contribution in [0, 0.1) is 37.0 Å². The van der Waals surface area contributed by atoms with Crippen molar-refractivity contribution >= 4 is 0 Å². The quantitative estimate of drug-likeness (QED) is 0.351. The second kappa shape index (κ2) is 8.29. The summed E-state index contributed by atoms with van der Waals surface area (Å²) in [6, 6.07) is 30.7. The van der Waals surface area contributed by atoms with Crippen LogP contribution in [0.1, 0.15) is 16.7 Å². The summed E-state index contributed by atoms with van der Waals surface area (Å²) >= 11 is 0. The standard InChI is InChI=1S/C30H18/c1-4-22-7-13-25(14-8-22)28-19-29(26-15-9-23(5-2)10-16-26)21-30(20-28)27-17-11-24(6-3)12-18-27/h1-3,7-21H. The van der Waals surface area contributed by atoms with E-state index in [2.05, 4.69) is 72.4 Å². The maximum Gasteiger partial charge on any atom is 0.0243 e. The van der Waals surface area contributed by atoms with Gasteiger partial charge in [-0.2, -0.15) is 0 Å². The highest BCUT2D eigenvalue weighted by Gasteiger charge is 2.08. The predicted octanol–water partition coefficient (Wildman–Crippen LogP) is 6.63. The predicted molar refractivity (Wildman–Crippen MR) is 127 cm³/mol. The van der Waals surface area contributed by atoms with Gasteiger partial charge in [0.05, 0.1) is 0 Å². The van der Waals surface area contributed by atoms with Gasteiger partial charge in [-0.15, -0.1) is 19.3 Å². The third-order valence-electron chi connectivity index (χ3n) is 5.09. The van der Waals surface area contributed by atoms with Gasteiger partial charge in [0.1, 0.15) is 0 Å². The fraction of sp³-hybridized carbons (Fsp3) is 0. The van der Waals surface area contributed by atoms with Crippen molar-refractivity contribution in [3.8, 4) is 70.4 Å². The molecule has 4 aromatic rings. The number of terminal acetylenes is 3. The number of hydrogen-bond donors (Lipinski definition) is 0. The molecule has 0 unspecified atom stereocenters. The number of hydrogen-bond acceptors (Lipinski definition) is 0. The average Bonchev–Trinajstić information content (AvgIpc) is 2.84. The van der Waals surface area contributed by atoms with E-state index in [0.29, 0.717) is 0 Å². The summed E-state index contributed by atoms with van der Waals surface area (Å²) in [5, 5.41) is 0. The fourth-order valence-corrected chi connectivity index (χ4v) is 3.40. The maximum absolute atomic E-state index is 5.51. The van der Waals surface area contributed by atoms with Crippen LogP contribution >= 0.6 is 0 Å². The Kier molecular flexibility index (Phi) is 5.22. The first-order chi connectivity index (χ1) is 14.7. The number of rotatable bonds is 3. The fourth-order valence-electron chi connectivity index (χ4n) is 3.40. The lowest BCUT2D eigenvalue weighted by molar-refractivity contribution is 1.55. The molecule has 0 bridgehead atoms. The normalized spacial score (nSPS) is 9.90. The second-order valence-electron chi connectivity index (χ2n) is 6.96. The van der Waals surface area contributed by atoms with E-state index in [1.54, 1.807) is 0 Å². The largest absolute Gasteiger partial charge is 0.115 e. The molecule has 0 heterocycles. The third-order valence-corrected chi connectivity index (χ3v) is 5.09. The zero-order valence-electron chi connectivity index (χ0n) is 16.4. The zero-order valence-corrected chi connectivity index (χ0v) is 16.4. The highest BCUT2D eigenvalue weighted by atomic mass is 14.1. The summed E-state index contributed by atoms with van der Waals surface area (Å²) in [5.41, 5.74) is 9.28. The van der Waals surface area contributed by atoms with E-state index < -0.39 is 0 Å². The van der Waals surface area contributed by atoms with Gasteiger partial charge in [0, 0.05) is 16.7 Å². The highest BCUT2D eigenvalue weighted by molar-refractivity contribution is 5.81. The second-order valence-corrected chi connectivity index (χ2v) is 6.96. The topological polar surface area (TPSA) is 0 Å². The molecule has 0 radical (unpaired) electrons. The molecule has 0 heteroatoms. The maximum atomic E-state index is 5.51. The lowest BCUT2D eigenvalue weighted by Crippen LogP contribution is -1.87. The molecule has 138 valence electrons. The third kappa shape index (κ3) is 3.88. The molecule has 0 aliphatic rings. The molecule has 0 aliphatic carbocycles. The smallest absolute Gasteiger partial charge is 0.0243 e. The van der Waals surface area contributed by atoms with Crippen molar-refractivity contribution in [3.63, 3.8) is 0 Å². The molecule has 0 amide bonds. The van der Waals surface area contributed by atoms with E-state index in [1.165, 1.54) is 0 Å². The molecular formula is C30H18. The molecule has 0 atom stereocenters. The van der Waals surface area contributed by atoms with Gasteiger partial charge < -0.3 is 0 Å². The molecule has 0 saturated carbocycles. The Morgan fingerprint density at radius 3 is 0.767 bits per heavy atom. The molecule has 30 heavy (non-hydrogen) atoms. The van der Waals surface area contributed by atoms with Gasteiger partial charge in [0.2, 0.25) is 0 Å². The lowest BCUT2D eigenvalue weighted by atomic mass is 9.92. The Morgan fingerprint density at radius 1 is 0.333 bits per heavy atom. The van der Waals surface area contributed by atoms with Crippen LogP contribution in [-0.4, -0.2) is 0 Å². The van der Waals surface area contributed by atoms with E-state index >= 15 is 0 Å². The van der Waals surface area contributed by atoms with Gasteiger partial charge in [-0.3, -0.25) is 0 Å². The van der Waals surface area contributed by atoms with Gasteiger partial charge >= 0.3 is 0 Å². The molecule has 0 aromatic heterocycles. The van der Waals surface area contributed by atoms with Gasteiger partial charge in [-0.1, -0.05) is 54.2 Å². The first-order valence-corrected chi connectivity index (χ1v) is 9.56. The summed E-state index contributed by atoms with van der Waals surface area (Å²) in [6.07, 6.45) is 16.5. The van der Waals surface area contributed by atoms with Crippen LogP contribution in [0.3, 0.4) is 0 Å². The Hall–Kier alpha value is -4.44. The van der Waals surface area contributed by atoms with Crippen molar-refractivity contribution < 1.29 is 0 Å². The van der Waals surface area contributed by atoms with Crippen molar-refractivity contribution in [2.24, 2.45) is 0 Å². The van der Waals surface area contributed by atoms with Gasteiger partial charge in [-0.05, 0) is 88.0 Å². The molecule has 0 fully saturated rings. The van der Waals surface area contributed by atoms with Crippen LogP contribution in [0.5, 0.6) is 0 Å². The van der Waals surface area contributed by atoms with Crippen LogP contribution in [-0.2, 0) is 0 Å². The minimum absolute atomic E-state index is 0.866. The molecule has 0 spiro atoms. The van der Waals surface area contributed by atoms with Crippen LogP contribution in [0.15, 0.2) is 91.0 Å². The van der Waals surface area contributed by atoms with Crippen molar-refractivity contribution in [1.29, 1.82) is 0 Å². The van der Waals surface area contributed by atoms with E-state index in [4.69, 9.17) is 19.3 Å². The minimum atomic E-state index is 0.866. The van der Waals surface area contributed by atoms with Crippen LogP contribution in [0.25, 0.3) is 33.4 Å². The van der Waals surface area contributed by atoms with Gasteiger partial charge in [0.15, 0.2) is 0 Å². The molecule has 0 aliphatic heterocycles. The molecule has 4 aromatic carbocycles. The Balaban J connectivity index is 1.87. The summed E-state index contributed by atoms with van der Waals surface area (Å²) < 4.78 is 0. The van der Waals surface area contributed by atoms with Gasteiger partial charge in [-0.25, -0.2) is 0 Å². The van der Waals surface area contributed by atoms with Crippen LogP contribution in [0.4, 0.5) is 0 Å². The highest BCUT2D eigenvalue weighted by Crippen LogP contribution is 2.33. The Labute approximate surface area is 178 Å². The van der Waals surface area contributed by atoms with Crippen molar-refractivity contribution in [2.75, 3.05) is 0 Å². The Bertz CT molecular complexity index is 1130. The summed E-state index contributed by atoms with van der Waals surface area (Å²) in [5.74, 6) is 8.01. The summed E-state index contributed by atoms with van der Waals surface area (Å²) in [7, 11) is 0. The SMILES string of the molecule is C#Cc1ccc(-c2cc(-c3ccc(C#C)cc3)cc(-c3ccc(C#C)cc3)c2)cc1. The van der Waals surface area contributed by atoms with E-state index in [9.17, 15) is 0 Å². The molecule has 0 nitrogen and oxygen atoms in total. The molecule has 0 saturated heterocycles. The van der Waals surface area contributed by atoms with E-state index in [-0.39, 0.29) is 0 Å². The van der Waals surface area contributed by atoms with E-state index in [1.807, 2.05) is 36.4 Å². The molecule has 4 rings (SSSR count).